The molecule has 0 spiro atoms. The standard InChI is InChI=1S/C14H14N2O/c15-12-7-11(8-13(16)9-12)2-1-10-3-5-14(17)6-4-10/h1-9,17H,15-16H2. The molecule has 0 unspecified atom stereocenters. The highest BCUT2D eigenvalue weighted by atomic mass is 16.3. The summed E-state index contributed by atoms with van der Waals surface area (Å²) in [5.41, 5.74) is 14.7. The van der Waals surface area contributed by atoms with E-state index in [1.165, 1.54) is 0 Å². The summed E-state index contributed by atoms with van der Waals surface area (Å²) in [6, 6.07) is 12.4. The predicted octanol–water partition coefficient (Wildman–Crippen LogP) is 2.73. The molecule has 0 fully saturated rings. The number of phenolic OH excluding ortho intramolecular Hbond substituents is 1. The zero-order valence-electron chi connectivity index (χ0n) is 9.30. The van der Waals surface area contributed by atoms with Crippen molar-refractivity contribution < 1.29 is 5.11 Å². The Labute approximate surface area is 100 Å². The second kappa shape index (κ2) is 4.61. The third kappa shape index (κ3) is 3.01. The summed E-state index contributed by atoms with van der Waals surface area (Å²) < 4.78 is 0. The maximum atomic E-state index is 9.16. The first-order valence-corrected chi connectivity index (χ1v) is 5.27. The number of hydrogen-bond acceptors (Lipinski definition) is 3. The predicted molar refractivity (Wildman–Crippen MR) is 72.3 cm³/mol. The first-order chi connectivity index (χ1) is 8.13. The number of anilines is 2. The van der Waals surface area contributed by atoms with Gasteiger partial charge in [-0.15, -0.1) is 0 Å². The molecule has 0 aliphatic carbocycles. The van der Waals surface area contributed by atoms with Gasteiger partial charge in [-0.2, -0.15) is 0 Å². The molecule has 0 amide bonds. The number of phenols is 1. The van der Waals surface area contributed by atoms with Gasteiger partial charge in [0.1, 0.15) is 5.75 Å². The Balaban J connectivity index is 2.22. The van der Waals surface area contributed by atoms with Crippen molar-refractivity contribution in [3.63, 3.8) is 0 Å². The molecule has 2 aromatic carbocycles. The van der Waals surface area contributed by atoms with E-state index in [1.807, 2.05) is 36.4 Å². The zero-order chi connectivity index (χ0) is 12.3. The molecule has 3 nitrogen and oxygen atoms in total. The second-order valence-corrected chi connectivity index (χ2v) is 3.86. The average molecular weight is 226 g/mol. The Bertz CT molecular complexity index is 524. The van der Waals surface area contributed by atoms with Crippen LogP contribution in [0.2, 0.25) is 0 Å². The van der Waals surface area contributed by atoms with Gasteiger partial charge in [0.25, 0.3) is 0 Å². The molecule has 86 valence electrons. The van der Waals surface area contributed by atoms with Crippen molar-refractivity contribution in [2.24, 2.45) is 0 Å². The molecule has 3 heteroatoms. The molecule has 0 saturated heterocycles. The van der Waals surface area contributed by atoms with E-state index >= 15 is 0 Å². The van der Waals surface area contributed by atoms with Crippen molar-refractivity contribution in [3.05, 3.63) is 53.6 Å². The summed E-state index contributed by atoms with van der Waals surface area (Å²) in [5, 5.41) is 9.16. The fraction of sp³-hybridized carbons (Fsp3) is 0. The van der Waals surface area contributed by atoms with Gasteiger partial charge in [-0.1, -0.05) is 24.3 Å². The molecule has 0 radical (unpaired) electrons. The van der Waals surface area contributed by atoms with Gasteiger partial charge >= 0.3 is 0 Å². The van der Waals surface area contributed by atoms with Crippen molar-refractivity contribution >= 4 is 23.5 Å². The van der Waals surface area contributed by atoms with E-state index in [4.69, 9.17) is 16.6 Å². The van der Waals surface area contributed by atoms with E-state index < -0.39 is 0 Å². The first-order valence-electron chi connectivity index (χ1n) is 5.27. The summed E-state index contributed by atoms with van der Waals surface area (Å²) in [7, 11) is 0. The van der Waals surface area contributed by atoms with Crippen LogP contribution in [0.1, 0.15) is 11.1 Å². The third-order valence-corrected chi connectivity index (χ3v) is 2.36. The van der Waals surface area contributed by atoms with E-state index in [0.29, 0.717) is 11.4 Å². The fourth-order valence-electron chi connectivity index (χ4n) is 1.58. The molecule has 0 aliphatic rings. The van der Waals surface area contributed by atoms with Crippen molar-refractivity contribution in [1.82, 2.24) is 0 Å². The lowest BCUT2D eigenvalue weighted by Crippen LogP contribution is -1.90. The average Bonchev–Trinajstić information content (AvgIpc) is 2.27. The summed E-state index contributed by atoms with van der Waals surface area (Å²) in [6.07, 6.45) is 3.87. The Morgan fingerprint density at radius 1 is 0.765 bits per heavy atom. The van der Waals surface area contributed by atoms with Gasteiger partial charge in [0.05, 0.1) is 0 Å². The summed E-state index contributed by atoms with van der Waals surface area (Å²) >= 11 is 0. The minimum Gasteiger partial charge on any atom is -0.508 e. The molecule has 5 N–H and O–H groups in total. The Hall–Kier alpha value is -2.42. The Morgan fingerprint density at radius 2 is 1.29 bits per heavy atom. The number of nitrogens with two attached hydrogens (primary N) is 2. The maximum Gasteiger partial charge on any atom is 0.115 e. The molecular formula is C14H14N2O. The third-order valence-electron chi connectivity index (χ3n) is 2.36. The molecule has 2 rings (SSSR count). The van der Waals surface area contributed by atoms with Gasteiger partial charge < -0.3 is 16.6 Å². The van der Waals surface area contributed by atoms with Crippen LogP contribution < -0.4 is 11.5 Å². The van der Waals surface area contributed by atoms with Gasteiger partial charge in [0, 0.05) is 11.4 Å². The van der Waals surface area contributed by atoms with Gasteiger partial charge in [-0.25, -0.2) is 0 Å². The highest BCUT2D eigenvalue weighted by Crippen LogP contribution is 2.17. The van der Waals surface area contributed by atoms with Gasteiger partial charge in [0.15, 0.2) is 0 Å². The van der Waals surface area contributed by atoms with Crippen molar-refractivity contribution in [1.29, 1.82) is 0 Å². The molecular weight excluding hydrogens is 212 g/mol. The monoisotopic (exact) mass is 226 g/mol. The molecule has 0 bridgehead atoms. The Kier molecular flexibility index (Phi) is 3.01. The number of nitrogen functional groups attached to an aromatic ring is 2. The van der Waals surface area contributed by atoms with Crippen LogP contribution in [0.5, 0.6) is 5.75 Å². The van der Waals surface area contributed by atoms with Crippen molar-refractivity contribution in [3.8, 4) is 5.75 Å². The molecule has 2 aromatic rings. The lowest BCUT2D eigenvalue weighted by Gasteiger charge is -2.00. The van der Waals surface area contributed by atoms with Gasteiger partial charge in [0.2, 0.25) is 0 Å². The molecule has 0 aromatic heterocycles. The lowest BCUT2D eigenvalue weighted by molar-refractivity contribution is 0.475. The maximum absolute atomic E-state index is 9.16. The molecule has 0 aliphatic heterocycles. The second-order valence-electron chi connectivity index (χ2n) is 3.86. The van der Waals surface area contributed by atoms with Crippen LogP contribution >= 0.6 is 0 Å². The molecule has 0 atom stereocenters. The highest BCUT2D eigenvalue weighted by Gasteiger charge is 1.93. The van der Waals surface area contributed by atoms with Crippen LogP contribution in [0.25, 0.3) is 12.2 Å². The molecule has 0 saturated carbocycles. The van der Waals surface area contributed by atoms with Crippen molar-refractivity contribution in [2.75, 3.05) is 11.5 Å². The Morgan fingerprint density at radius 3 is 1.88 bits per heavy atom. The van der Waals surface area contributed by atoms with Crippen LogP contribution in [-0.4, -0.2) is 5.11 Å². The van der Waals surface area contributed by atoms with Gasteiger partial charge in [-0.3, -0.25) is 0 Å². The van der Waals surface area contributed by atoms with Crippen LogP contribution in [-0.2, 0) is 0 Å². The minimum atomic E-state index is 0.260. The topological polar surface area (TPSA) is 72.3 Å². The van der Waals surface area contributed by atoms with Crippen molar-refractivity contribution in [2.45, 2.75) is 0 Å². The molecule has 0 heterocycles. The normalized spacial score (nSPS) is 10.8. The largest absolute Gasteiger partial charge is 0.508 e. The summed E-state index contributed by atoms with van der Waals surface area (Å²) in [4.78, 5) is 0. The quantitative estimate of drug-likeness (QED) is 0.544. The fourth-order valence-corrected chi connectivity index (χ4v) is 1.58. The van der Waals surface area contributed by atoms with E-state index in [1.54, 1.807) is 18.2 Å². The van der Waals surface area contributed by atoms with E-state index in [0.717, 1.165) is 11.1 Å². The van der Waals surface area contributed by atoms with Gasteiger partial charge in [-0.05, 0) is 41.5 Å². The minimum absolute atomic E-state index is 0.260. The summed E-state index contributed by atoms with van der Waals surface area (Å²) in [6.45, 7) is 0. The van der Waals surface area contributed by atoms with Crippen LogP contribution in [0.15, 0.2) is 42.5 Å². The number of rotatable bonds is 2. The SMILES string of the molecule is Nc1cc(N)cc(C=Cc2ccc(O)cc2)c1. The smallest absolute Gasteiger partial charge is 0.115 e. The molecule has 17 heavy (non-hydrogen) atoms. The summed E-state index contributed by atoms with van der Waals surface area (Å²) in [5.74, 6) is 0.260. The van der Waals surface area contributed by atoms with Crippen LogP contribution in [0, 0.1) is 0 Å². The van der Waals surface area contributed by atoms with E-state index in [-0.39, 0.29) is 5.75 Å². The number of benzene rings is 2. The highest BCUT2D eigenvalue weighted by molar-refractivity contribution is 5.73. The van der Waals surface area contributed by atoms with Crippen LogP contribution in [0.3, 0.4) is 0 Å². The zero-order valence-corrected chi connectivity index (χ0v) is 9.30. The number of aromatic hydroxyl groups is 1. The first kappa shape index (κ1) is 11.1. The number of hydrogen-bond donors (Lipinski definition) is 3. The van der Waals surface area contributed by atoms with E-state index in [9.17, 15) is 0 Å². The van der Waals surface area contributed by atoms with Crippen LogP contribution in [0.4, 0.5) is 11.4 Å². The lowest BCUT2D eigenvalue weighted by atomic mass is 10.1. The van der Waals surface area contributed by atoms with E-state index in [2.05, 4.69) is 0 Å².